The Morgan fingerprint density at radius 2 is 1.94 bits per heavy atom. The minimum Gasteiger partial charge on any atom is -0.281 e. The molecule has 0 saturated carbocycles. The zero-order valence-electron chi connectivity index (χ0n) is 7.90. The van der Waals surface area contributed by atoms with Crippen molar-refractivity contribution >= 4 is 49.6 Å². The van der Waals surface area contributed by atoms with E-state index in [4.69, 9.17) is 23.2 Å². The van der Waals surface area contributed by atoms with Gasteiger partial charge in [0.2, 0.25) is 5.24 Å². The fourth-order valence-electron chi connectivity index (χ4n) is 1.28. The van der Waals surface area contributed by atoms with Crippen LogP contribution in [0.25, 0.3) is 0 Å². The molecule has 1 aromatic carbocycles. The zero-order valence-corrected chi connectivity index (χ0v) is 11.0. The van der Waals surface area contributed by atoms with Gasteiger partial charge in [0, 0.05) is 10.9 Å². The molecule has 6 heteroatoms. The Morgan fingerprint density at radius 1 is 1.31 bits per heavy atom. The fourth-order valence-corrected chi connectivity index (χ4v) is 2.06. The van der Waals surface area contributed by atoms with Crippen LogP contribution in [0.3, 0.4) is 0 Å². The quantitative estimate of drug-likeness (QED) is 0.791. The highest BCUT2D eigenvalue weighted by Crippen LogP contribution is 2.23. The Labute approximate surface area is 110 Å². The summed E-state index contributed by atoms with van der Waals surface area (Å²) >= 11 is 13.5. The van der Waals surface area contributed by atoms with Crippen LogP contribution < -0.4 is 0 Å². The van der Waals surface area contributed by atoms with Gasteiger partial charge in [0.15, 0.2) is 0 Å². The highest BCUT2D eigenvalue weighted by atomic mass is 79.9. The number of carbonyl (C=O) groups excluding carboxylic acids is 2. The summed E-state index contributed by atoms with van der Waals surface area (Å²) in [6, 6.07) is 2.68. The van der Waals surface area contributed by atoms with Crippen LogP contribution in [0.4, 0.5) is 4.39 Å². The van der Waals surface area contributed by atoms with Crippen LogP contribution in [0.5, 0.6) is 0 Å². The van der Waals surface area contributed by atoms with Gasteiger partial charge in [-0.05, 0) is 47.3 Å². The second kappa shape index (κ2) is 5.75. The Hall–Kier alpha value is -0.450. The monoisotopic (exact) mass is 326 g/mol. The molecule has 0 unspecified atom stereocenters. The van der Waals surface area contributed by atoms with E-state index in [9.17, 15) is 14.0 Å². The van der Waals surface area contributed by atoms with E-state index < -0.39 is 16.3 Å². The number of hydrogen-bond acceptors (Lipinski definition) is 2. The molecule has 0 atom stereocenters. The van der Waals surface area contributed by atoms with Gasteiger partial charge in [-0.3, -0.25) is 9.59 Å². The predicted molar refractivity (Wildman–Crippen MR) is 63.5 cm³/mol. The summed E-state index contributed by atoms with van der Waals surface area (Å²) in [4.78, 5) is 21.6. The Bertz CT molecular complexity index is 449. The first-order valence-electron chi connectivity index (χ1n) is 4.28. The van der Waals surface area contributed by atoms with Crippen molar-refractivity contribution in [1.29, 1.82) is 0 Å². The molecule has 86 valence electrons. The van der Waals surface area contributed by atoms with Crippen LogP contribution in [0, 0.1) is 5.82 Å². The molecule has 0 fully saturated rings. The molecular formula is C10H6BrCl2FO2. The fraction of sp³-hybridized carbons (Fsp3) is 0.200. The van der Waals surface area contributed by atoms with Gasteiger partial charge in [0.05, 0.1) is 5.56 Å². The largest absolute Gasteiger partial charge is 0.281 e. The average Bonchev–Trinajstić information content (AvgIpc) is 2.12. The first-order chi connectivity index (χ1) is 7.41. The van der Waals surface area contributed by atoms with Gasteiger partial charge in [-0.15, -0.1) is 0 Å². The van der Waals surface area contributed by atoms with Crippen molar-refractivity contribution in [2.75, 3.05) is 0 Å². The summed E-state index contributed by atoms with van der Waals surface area (Å²) in [6.45, 7) is 0. The molecule has 1 rings (SSSR count). The van der Waals surface area contributed by atoms with Crippen molar-refractivity contribution in [3.8, 4) is 0 Å². The van der Waals surface area contributed by atoms with Crippen LogP contribution in [0.2, 0.25) is 0 Å². The van der Waals surface area contributed by atoms with Crippen LogP contribution in [0.1, 0.15) is 22.3 Å². The van der Waals surface area contributed by atoms with Gasteiger partial charge in [0.25, 0.3) is 5.24 Å². The smallest absolute Gasteiger partial charge is 0.255 e. The lowest BCUT2D eigenvalue weighted by Gasteiger charge is -2.06. The lowest BCUT2D eigenvalue weighted by molar-refractivity contribution is -0.111. The van der Waals surface area contributed by atoms with E-state index in [-0.39, 0.29) is 18.4 Å². The molecule has 0 aliphatic carbocycles. The molecule has 0 saturated heterocycles. The molecule has 0 bridgehead atoms. The van der Waals surface area contributed by atoms with Crippen LogP contribution >= 0.6 is 39.1 Å². The van der Waals surface area contributed by atoms with Crippen LogP contribution in [0.15, 0.2) is 16.6 Å². The maximum absolute atomic E-state index is 13.4. The molecule has 2 nitrogen and oxygen atoms in total. The molecular weight excluding hydrogens is 322 g/mol. The number of rotatable bonds is 4. The third-order valence-electron chi connectivity index (χ3n) is 1.92. The molecule has 0 heterocycles. The highest BCUT2D eigenvalue weighted by Gasteiger charge is 2.16. The SMILES string of the molecule is O=C(Cl)CCc1cc(Br)cc(F)c1C(=O)Cl. The minimum absolute atomic E-state index is 0.0224. The summed E-state index contributed by atoms with van der Waals surface area (Å²) in [5.41, 5.74) is 0.156. The summed E-state index contributed by atoms with van der Waals surface area (Å²) < 4.78 is 13.9. The van der Waals surface area contributed by atoms with Crippen molar-refractivity contribution in [2.24, 2.45) is 0 Å². The zero-order chi connectivity index (χ0) is 12.3. The van der Waals surface area contributed by atoms with E-state index in [0.29, 0.717) is 10.0 Å². The second-order valence-corrected chi connectivity index (χ2v) is 4.73. The number of halogens is 4. The van der Waals surface area contributed by atoms with E-state index in [1.165, 1.54) is 0 Å². The van der Waals surface area contributed by atoms with E-state index in [1.54, 1.807) is 6.07 Å². The summed E-state index contributed by atoms with van der Waals surface area (Å²) in [7, 11) is 0. The van der Waals surface area contributed by atoms with Crippen molar-refractivity contribution in [3.63, 3.8) is 0 Å². The molecule has 0 aliphatic heterocycles. The average molecular weight is 328 g/mol. The van der Waals surface area contributed by atoms with Crippen molar-refractivity contribution in [1.82, 2.24) is 0 Å². The van der Waals surface area contributed by atoms with Crippen molar-refractivity contribution in [2.45, 2.75) is 12.8 Å². The molecule has 0 aromatic heterocycles. The Kier molecular flexibility index (Phi) is 4.89. The Morgan fingerprint density at radius 3 is 2.44 bits per heavy atom. The van der Waals surface area contributed by atoms with Crippen molar-refractivity contribution in [3.05, 3.63) is 33.5 Å². The van der Waals surface area contributed by atoms with Crippen LogP contribution in [-0.4, -0.2) is 10.5 Å². The molecule has 16 heavy (non-hydrogen) atoms. The Balaban J connectivity index is 3.13. The molecule has 0 amide bonds. The maximum Gasteiger partial charge on any atom is 0.255 e. The number of benzene rings is 1. The van der Waals surface area contributed by atoms with Gasteiger partial charge in [0.1, 0.15) is 5.82 Å². The molecule has 0 N–H and O–H groups in total. The normalized spacial score (nSPS) is 10.2. The van der Waals surface area contributed by atoms with Gasteiger partial charge < -0.3 is 0 Å². The second-order valence-electron chi connectivity index (χ2n) is 3.05. The van der Waals surface area contributed by atoms with Crippen LogP contribution in [-0.2, 0) is 11.2 Å². The third-order valence-corrected chi connectivity index (χ3v) is 2.76. The summed E-state index contributed by atoms with van der Waals surface area (Å²) in [6.07, 6.45) is 0.196. The molecule has 0 aliphatic rings. The molecule has 1 aromatic rings. The maximum atomic E-state index is 13.4. The summed E-state index contributed by atoms with van der Waals surface area (Å²) in [5.74, 6) is -0.716. The first-order valence-corrected chi connectivity index (χ1v) is 5.82. The lowest BCUT2D eigenvalue weighted by atomic mass is 10.0. The topological polar surface area (TPSA) is 34.1 Å². The van der Waals surface area contributed by atoms with E-state index in [0.717, 1.165) is 6.07 Å². The predicted octanol–water partition coefficient (Wildman–Crippen LogP) is 3.67. The summed E-state index contributed by atoms with van der Waals surface area (Å²) in [5, 5.41) is -1.43. The first kappa shape index (κ1) is 13.6. The third kappa shape index (κ3) is 3.54. The minimum atomic E-state index is -0.887. The van der Waals surface area contributed by atoms with Crippen molar-refractivity contribution < 1.29 is 14.0 Å². The van der Waals surface area contributed by atoms with Gasteiger partial charge in [-0.25, -0.2) is 4.39 Å². The van der Waals surface area contributed by atoms with E-state index >= 15 is 0 Å². The van der Waals surface area contributed by atoms with E-state index in [2.05, 4.69) is 15.9 Å². The van der Waals surface area contributed by atoms with Gasteiger partial charge in [-0.1, -0.05) is 15.9 Å². The highest BCUT2D eigenvalue weighted by molar-refractivity contribution is 9.10. The van der Waals surface area contributed by atoms with Gasteiger partial charge in [-0.2, -0.15) is 0 Å². The molecule has 0 spiro atoms. The molecule has 0 radical (unpaired) electrons. The number of hydrogen-bond donors (Lipinski definition) is 0. The number of aryl methyl sites for hydroxylation is 1. The van der Waals surface area contributed by atoms with E-state index in [1.807, 2.05) is 0 Å². The van der Waals surface area contributed by atoms with Gasteiger partial charge >= 0.3 is 0 Å². The number of carbonyl (C=O) groups is 2. The standard InChI is InChI=1S/C10H6BrCl2FO2/c11-6-3-5(1-2-8(12)15)9(10(13)16)7(14)4-6/h3-4H,1-2H2. The lowest BCUT2D eigenvalue weighted by Crippen LogP contribution is -2.03.